The molecule has 1 aliphatic carbocycles. The SMILES string of the molecule is S=C1NC2CCCC=C2N1Nc1ccccc1. The molecule has 17 heavy (non-hydrogen) atoms. The van der Waals surface area contributed by atoms with Crippen LogP contribution >= 0.6 is 12.2 Å². The van der Waals surface area contributed by atoms with Gasteiger partial charge in [-0.2, -0.15) is 0 Å². The van der Waals surface area contributed by atoms with Crippen LogP contribution < -0.4 is 10.7 Å². The van der Waals surface area contributed by atoms with Crippen LogP contribution in [-0.4, -0.2) is 16.2 Å². The second kappa shape index (κ2) is 4.37. The average molecular weight is 245 g/mol. The zero-order chi connectivity index (χ0) is 11.7. The summed E-state index contributed by atoms with van der Waals surface area (Å²) in [6.45, 7) is 0. The average Bonchev–Trinajstić information content (AvgIpc) is 2.68. The second-order valence-electron chi connectivity index (χ2n) is 4.38. The first-order chi connectivity index (χ1) is 8.34. The Kier molecular flexibility index (Phi) is 2.73. The summed E-state index contributed by atoms with van der Waals surface area (Å²) >= 11 is 5.37. The molecule has 1 saturated heterocycles. The van der Waals surface area contributed by atoms with Gasteiger partial charge in [0.1, 0.15) is 0 Å². The maximum atomic E-state index is 5.37. The van der Waals surface area contributed by atoms with Crippen LogP contribution in [0.15, 0.2) is 42.1 Å². The minimum Gasteiger partial charge on any atom is -0.353 e. The number of allylic oxidation sites excluding steroid dienone is 1. The van der Waals surface area contributed by atoms with E-state index in [1.54, 1.807) is 0 Å². The molecule has 1 heterocycles. The third-order valence-corrected chi connectivity index (χ3v) is 3.48. The smallest absolute Gasteiger partial charge is 0.192 e. The number of fused-ring (bicyclic) bond motifs is 1. The first-order valence-corrected chi connectivity index (χ1v) is 6.38. The molecule has 0 bridgehead atoms. The Balaban J connectivity index is 1.83. The van der Waals surface area contributed by atoms with E-state index in [0.717, 1.165) is 17.2 Å². The van der Waals surface area contributed by atoms with Gasteiger partial charge in [0.25, 0.3) is 0 Å². The standard InChI is InChI=1S/C13H15N3S/c17-13-14-11-8-4-5-9-12(11)16(13)15-10-6-2-1-3-7-10/h1-3,6-7,9,11,15H,4-5,8H2,(H,14,17). The fourth-order valence-corrected chi connectivity index (χ4v) is 2.64. The molecule has 1 fully saturated rings. The van der Waals surface area contributed by atoms with Gasteiger partial charge >= 0.3 is 0 Å². The van der Waals surface area contributed by atoms with Gasteiger partial charge in [-0.1, -0.05) is 24.3 Å². The fraction of sp³-hybridized carbons (Fsp3) is 0.308. The molecular formula is C13H15N3S. The van der Waals surface area contributed by atoms with E-state index >= 15 is 0 Å². The molecule has 88 valence electrons. The molecule has 1 unspecified atom stereocenters. The number of benzene rings is 1. The normalized spacial score (nSPS) is 22.8. The van der Waals surface area contributed by atoms with Gasteiger partial charge in [-0.3, -0.25) is 5.43 Å². The first-order valence-electron chi connectivity index (χ1n) is 5.97. The number of para-hydroxylation sites is 1. The van der Waals surface area contributed by atoms with Crippen molar-refractivity contribution in [3.63, 3.8) is 0 Å². The summed E-state index contributed by atoms with van der Waals surface area (Å²) in [6.07, 6.45) is 5.82. The number of hydrogen-bond donors (Lipinski definition) is 2. The van der Waals surface area contributed by atoms with E-state index < -0.39 is 0 Å². The number of hydrazine groups is 1. The number of thiocarbonyl (C=S) groups is 1. The van der Waals surface area contributed by atoms with Crippen molar-refractivity contribution >= 4 is 23.0 Å². The zero-order valence-corrected chi connectivity index (χ0v) is 10.3. The van der Waals surface area contributed by atoms with Crippen molar-refractivity contribution < 1.29 is 0 Å². The third kappa shape index (κ3) is 2.00. The van der Waals surface area contributed by atoms with Crippen molar-refractivity contribution in [1.29, 1.82) is 0 Å². The topological polar surface area (TPSA) is 27.3 Å². The van der Waals surface area contributed by atoms with Gasteiger partial charge in [-0.25, -0.2) is 5.01 Å². The van der Waals surface area contributed by atoms with Crippen molar-refractivity contribution in [3.8, 4) is 0 Å². The predicted molar refractivity (Wildman–Crippen MR) is 73.4 cm³/mol. The molecule has 0 spiro atoms. The largest absolute Gasteiger partial charge is 0.353 e. The summed E-state index contributed by atoms with van der Waals surface area (Å²) in [5, 5.41) is 6.12. The lowest BCUT2D eigenvalue weighted by Gasteiger charge is -2.24. The molecule has 0 aromatic heterocycles. The van der Waals surface area contributed by atoms with E-state index in [-0.39, 0.29) is 0 Å². The minimum absolute atomic E-state index is 0.396. The van der Waals surface area contributed by atoms with Crippen LogP contribution in [0.2, 0.25) is 0 Å². The molecule has 2 aliphatic rings. The van der Waals surface area contributed by atoms with Gasteiger partial charge in [-0.05, 0) is 43.6 Å². The Morgan fingerprint density at radius 1 is 1.29 bits per heavy atom. The summed E-state index contributed by atoms with van der Waals surface area (Å²) in [5.74, 6) is 0. The van der Waals surface area contributed by atoms with Crippen molar-refractivity contribution in [3.05, 3.63) is 42.1 Å². The van der Waals surface area contributed by atoms with Crippen LogP contribution in [0, 0.1) is 0 Å². The monoisotopic (exact) mass is 245 g/mol. The van der Waals surface area contributed by atoms with Crippen molar-refractivity contribution in [2.24, 2.45) is 0 Å². The molecule has 3 rings (SSSR count). The van der Waals surface area contributed by atoms with Crippen molar-refractivity contribution in [2.45, 2.75) is 25.3 Å². The first kappa shape index (κ1) is 10.6. The molecule has 1 atom stereocenters. The summed E-state index contributed by atoms with van der Waals surface area (Å²) < 4.78 is 0. The maximum absolute atomic E-state index is 5.37. The van der Waals surface area contributed by atoms with E-state index in [1.165, 1.54) is 18.5 Å². The lowest BCUT2D eigenvalue weighted by Crippen LogP contribution is -2.32. The molecule has 0 saturated carbocycles. The summed E-state index contributed by atoms with van der Waals surface area (Å²) in [4.78, 5) is 0. The van der Waals surface area contributed by atoms with Gasteiger partial charge in [0.05, 0.1) is 17.4 Å². The maximum Gasteiger partial charge on any atom is 0.192 e. The van der Waals surface area contributed by atoms with E-state index in [9.17, 15) is 0 Å². The quantitative estimate of drug-likeness (QED) is 0.783. The summed E-state index contributed by atoms with van der Waals surface area (Å²) in [5.41, 5.74) is 5.68. The molecule has 1 aromatic rings. The molecule has 1 aromatic carbocycles. The van der Waals surface area contributed by atoms with E-state index in [0.29, 0.717) is 6.04 Å². The van der Waals surface area contributed by atoms with Gasteiger partial charge in [0.15, 0.2) is 5.11 Å². The van der Waals surface area contributed by atoms with E-state index in [1.807, 2.05) is 35.3 Å². The number of rotatable bonds is 2. The Labute approximate surface area is 106 Å². The second-order valence-corrected chi connectivity index (χ2v) is 4.76. The Morgan fingerprint density at radius 2 is 2.12 bits per heavy atom. The molecule has 0 radical (unpaired) electrons. The van der Waals surface area contributed by atoms with Crippen LogP contribution in [0.3, 0.4) is 0 Å². The number of nitrogens with one attached hydrogen (secondary N) is 2. The van der Waals surface area contributed by atoms with E-state index in [2.05, 4.69) is 16.8 Å². The van der Waals surface area contributed by atoms with Crippen LogP contribution in [0.25, 0.3) is 0 Å². The zero-order valence-electron chi connectivity index (χ0n) is 9.52. The lowest BCUT2D eigenvalue weighted by molar-refractivity contribution is 0.532. The number of anilines is 1. The highest BCUT2D eigenvalue weighted by Crippen LogP contribution is 2.27. The number of nitrogens with zero attached hydrogens (tertiary/aromatic N) is 1. The van der Waals surface area contributed by atoms with Crippen LogP contribution in [0.1, 0.15) is 19.3 Å². The fourth-order valence-electron chi connectivity index (χ4n) is 2.34. The van der Waals surface area contributed by atoms with Gasteiger partial charge in [0.2, 0.25) is 0 Å². The highest BCUT2D eigenvalue weighted by molar-refractivity contribution is 7.80. The van der Waals surface area contributed by atoms with Crippen LogP contribution in [0.4, 0.5) is 5.69 Å². The van der Waals surface area contributed by atoms with Crippen molar-refractivity contribution in [2.75, 3.05) is 5.43 Å². The molecular weight excluding hydrogens is 230 g/mol. The molecule has 0 amide bonds. The highest BCUT2D eigenvalue weighted by atomic mass is 32.1. The molecule has 3 nitrogen and oxygen atoms in total. The Bertz CT molecular complexity index is 455. The minimum atomic E-state index is 0.396. The van der Waals surface area contributed by atoms with Crippen molar-refractivity contribution in [1.82, 2.24) is 10.3 Å². The third-order valence-electron chi connectivity index (χ3n) is 3.18. The molecule has 1 aliphatic heterocycles. The van der Waals surface area contributed by atoms with Crippen LogP contribution in [0.5, 0.6) is 0 Å². The Morgan fingerprint density at radius 3 is 2.94 bits per heavy atom. The van der Waals surface area contributed by atoms with Crippen LogP contribution in [-0.2, 0) is 0 Å². The van der Waals surface area contributed by atoms with Gasteiger partial charge in [-0.15, -0.1) is 0 Å². The Hall–Kier alpha value is -1.55. The van der Waals surface area contributed by atoms with E-state index in [4.69, 9.17) is 12.2 Å². The predicted octanol–water partition coefficient (Wildman–Crippen LogP) is 2.64. The summed E-state index contributed by atoms with van der Waals surface area (Å²) in [7, 11) is 0. The van der Waals surface area contributed by atoms with Gasteiger partial charge in [0, 0.05) is 0 Å². The summed E-state index contributed by atoms with van der Waals surface area (Å²) in [6, 6.07) is 10.5. The molecule has 2 N–H and O–H groups in total. The molecule has 4 heteroatoms. The number of hydrogen-bond acceptors (Lipinski definition) is 2. The highest BCUT2D eigenvalue weighted by Gasteiger charge is 2.32. The van der Waals surface area contributed by atoms with Gasteiger partial charge < -0.3 is 5.32 Å². The lowest BCUT2D eigenvalue weighted by atomic mass is 10.0.